The Kier molecular flexibility index (Phi) is 11.0. The summed E-state index contributed by atoms with van der Waals surface area (Å²) >= 11 is 0. The van der Waals surface area contributed by atoms with Crippen molar-refractivity contribution < 1.29 is 13.6 Å². The summed E-state index contributed by atoms with van der Waals surface area (Å²) in [6.07, 6.45) is 7.14. The van der Waals surface area contributed by atoms with Crippen molar-refractivity contribution in [2.75, 3.05) is 0 Å². The number of hydrogen-bond donors (Lipinski definition) is 0. The summed E-state index contributed by atoms with van der Waals surface area (Å²) in [5.41, 5.74) is 0.453. The Labute approximate surface area is 218 Å². The molecule has 0 aliphatic carbocycles. The number of hydrogen-bond acceptors (Lipinski definition) is 3. The van der Waals surface area contributed by atoms with Crippen LogP contribution in [0.5, 0.6) is 0 Å². The van der Waals surface area contributed by atoms with Crippen LogP contribution in [-0.4, -0.2) is 39.3 Å². The van der Waals surface area contributed by atoms with Gasteiger partial charge in [0.15, 0.2) is 29.4 Å². The standard InChI is InChI=1S/C29H51NO3Si2/c1-13-20-29(21-14-2,33-35(11,12)28(6,7)8)22-26(32-34(9,10)27(3,4)5)24-30(31)23-25-18-16-15-17-19-25/h13-19,24,26H,1-2,20-23H2,3-12H3/b30-24+/t26-/m0/s1. The lowest BCUT2D eigenvalue weighted by Gasteiger charge is -2.47. The summed E-state index contributed by atoms with van der Waals surface area (Å²) in [4.78, 5) is 0. The molecule has 198 valence electrons. The maximum Gasteiger partial charge on any atom is 0.193 e. The molecular formula is C29H51NO3Si2. The normalized spacial score (nSPS) is 15.1. The van der Waals surface area contributed by atoms with Crippen LogP contribution in [0.2, 0.25) is 36.3 Å². The third-order valence-corrected chi connectivity index (χ3v) is 16.7. The van der Waals surface area contributed by atoms with Crippen LogP contribution in [0.15, 0.2) is 55.6 Å². The van der Waals surface area contributed by atoms with Crippen LogP contribution in [0.25, 0.3) is 0 Å². The van der Waals surface area contributed by atoms with Gasteiger partial charge in [0, 0.05) is 12.0 Å². The number of benzene rings is 1. The van der Waals surface area contributed by atoms with Crippen LogP contribution in [0.4, 0.5) is 0 Å². The first-order valence-electron chi connectivity index (χ1n) is 12.8. The van der Waals surface area contributed by atoms with Gasteiger partial charge in [-0.15, -0.1) is 13.2 Å². The van der Waals surface area contributed by atoms with Crippen molar-refractivity contribution in [3.63, 3.8) is 0 Å². The van der Waals surface area contributed by atoms with Gasteiger partial charge < -0.3 is 14.1 Å². The zero-order valence-corrected chi connectivity index (χ0v) is 26.1. The largest absolute Gasteiger partial charge is 0.624 e. The second kappa shape index (κ2) is 12.2. The van der Waals surface area contributed by atoms with Crippen molar-refractivity contribution in [3.8, 4) is 0 Å². The van der Waals surface area contributed by atoms with Crippen LogP contribution in [0, 0.1) is 5.21 Å². The van der Waals surface area contributed by atoms with Gasteiger partial charge in [-0.3, -0.25) is 0 Å². The fourth-order valence-corrected chi connectivity index (χ4v) is 6.54. The van der Waals surface area contributed by atoms with Gasteiger partial charge in [-0.05, 0) is 49.1 Å². The SMILES string of the molecule is C=CCC(CC=C)(C[C@@H](/C=[N+](/[O-])Cc1ccccc1)O[Si](C)(C)C(C)(C)C)O[Si](C)(C)C(C)(C)C. The molecule has 0 aliphatic rings. The van der Waals surface area contributed by atoms with Gasteiger partial charge in [-0.2, -0.15) is 0 Å². The van der Waals surface area contributed by atoms with E-state index in [2.05, 4.69) is 80.9 Å². The van der Waals surface area contributed by atoms with Gasteiger partial charge in [-0.1, -0.05) is 84.0 Å². The van der Waals surface area contributed by atoms with Crippen LogP contribution in [-0.2, 0) is 15.4 Å². The zero-order valence-electron chi connectivity index (χ0n) is 24.1. The van der Waals surface area contributed by atoms with Crippen molar-refractivity contribution in [1.29, 1.82) is 0 Å². The van der Waals surface area contributed by atoms with Crippen LogP contribution in [0.3, 0.4) is 0 Å². The minimum absolute atomic E-state index is 0.0199. The zero-order chi connectivity index (χ0) is 27.1. The topological polar surface area (TPSA) is 44.5 Å². The van der Waals surface area contributed by atoms with E-state index in [1.54, 1.807) is 6.21 Å². The summed E-state index contributed by atoms with van der Waals surface area (Å²) in [5, 5.41) is 13.2. The van der Waals surface area contributed by atoms with E-state index < -0.39 is 22.2 Å². The number of hydroxylamine groups is 1. The molecule has 0 unspecified atom stereocenters. The maximum absolute atomic E-state index is 13.1. The molecule has 0 heterocycles. The summed E-state index contributed by atoms with van der Waals surface area (Å²) in [7, 11) is -4.28. The quantitative estimate of drug-likeness (QED) is 0.0658. The van der Waals surface area contributed by atoms with E-state index in [9.17, 15) is 5.21 Å². The summed E-state index contributed by atoms with van der Waals surface area (Å²) in [6, 6.07) is 9.83. The molecule has 1 rings (SSSR count). The molecule has 0 amide bonds. The Morgan fingerprint density at radius 3 is 1.80 bits per heavy atom. The molecular weight excluding hydrogens is 466 g/mol. The van der Waals surface area contributed by atoms with Crippen molar-refractivity contribution >= 4 is 22.8 Å². The van der Waals surface area contributed by atoms with E-state index in [1.165, 1.54) is 0 Å². The van der Waals surface area contributed by atoms with Gasteiger partial charge in [0.05, 0.1) is 5.60 Å². The molecule has 1 aromatic carbocycles. The first-order valence-corrected chi connectivity index (χ1v) is 18.6. The van der Waals surface area contributed by atoms with Crippen LogP contribution >= 0.6 is 0 Å². The molecule has 0 aromatic heterocycles. The van der Waals surface area contributed by atoms with Gasteiger partial charge in [0.25, 0.3) is 0 Å². The Hall–Kier alpha value is -1.48. The first kappa shape index (κ1) is 31.6. The van der Waals surface area contributed by atoms with E-state index in [1.807, 2.05) is 42.5 Å². The highest BCUT2D eigenvalue weighted by atomic mass is 28.4. The Morgan fingerprint density at radius 1 is 0.886 bits per heavy atom. The molecule has 0 aliphatic heterocycles. The second-order valence-electron chi connectivity index (χ2n) is 12.9. The fourth-order valence-electron chi connectivity index (χ4n) is 3.64. The molecule has 1 aromatic rings. The molecule has 0 radical (unpaired) electrons. The van der Waals surface area contributed by atoms with E-state index in [-0.39, 0.29) is 22.7 Å². The highest BCUT2D eigenvalue weighted by Gasteiger charge is 2.47. The average molecular weight is 518 g/mol. The first-order chi connectivity index (χ1) is 15.9. The Bertz CT molecular complexity index is 839. The van der Waals surface area contributed by atoms with Crippen molar-refractivity contribution in [2.45, 2.75) is 115 Å². The summed E-state index contributed by atoms with van der Waals surface area (Å²) in [5.74, 6) is 0. The van der Waals surface area contributed by atoms with E-state index in [0.717, 1.165) is 10.3 Å². The van der Waals surface area contributed by atoms with Crippen molar-refractivity contribution in [3.05, 3.63) is 66.4 Å². The van der Waals surface area contributed by atoms with Gasteiger partial charge in [0.1, 0.15) is 6.10 Å². The molecule has 1 atom stereocenters. The number of nitrogens with zero attached hydrogens (tertiary/aromatic N) is 1. The monoisotopic (exact) mass is 517 g/mol. The highest BCUT2D eigenvalue weighted by molar-refractivity contribution is 6.74. The highest BCUT2D eigenvalue weighted by Crippen LogP contribution is 2.44. The molecule has 0 spiro atoms. The third-order valence-electron chi connectivity index (χ3n) is 7.65. The van der Waals surface area contributed by atoms with Gasteiger partial charge in [-0.25, -0.2) is 4.74 Å². The predicted octanol–water partition coefficient (Wildman–Crippen LogP) is 8.46. The molecule has 0 saturated carbocycles. The Morgan fingerprint density at radius 2 is 1.37 bits per heavy atom. The van der Waals surface area contributed by atoms with Crippen molar-refractivity contribution in [2.24, 2.45) is 0 Å². The van der Waals surface area contributed by atoms with Crippen LogP contribution in [0.1, 0.15) is 66.4 Å². The fraction of sp³-hybridized carbons (Fsp3) is 0.621. The lowest BCUT2D eigenvalue weighted by molar-refractivity contribution is -0.472. The number of rotatable bonds is 13. The van der Waals surface area contributed by atoms with E-state index in [0.29, 0.717) is 19.3 Å². The minimum atomic E-state index is -2.16. The molecule has 6 heteroatoms. The minimum Gasteiger partial charge on any atom is -0.624 e. The third kappa shape index (κ3) is 9.48. The average Bonchev–Trinajstić information content (AvgIpc) is 2.66. The van der Waals surface area contributed by atoms with E-state index >= 15 is 0 Å². The molecule has 35 heavy (non-hydrogen) atoms. The summed E-state index contributed by atoms with van der Waals surface area (Å²) in [6.45, 7) is 30.8. The van der Waals surface area contributed by atoms with Gasteiger partial charge in [0.2, 0.25) is 0 Å². The van der Waals surface area contributed by atoms with Crippen molar-refractivity contribution in [1.82, 2.24) is 0 Å². The Balaban J connectivity index is 3.48. The van der Waals surface area contributed by atoms with Crippen LogP contribution < -0.4 is 0 Å². The molecule has 0 bridgehead atoms. The smallest absolute Gasteiger partial charge is 0.193 e. The maximum atomic E-state index is 13.1. The molecule has 0 N–H and O–H groups in total. The van der Waals surface area contributed by atoms with Gasteiger partial charge >= 0.3 is 0 Å². The van der Waals surface area contributed by atoms with E-state index in [4.69, 9.17) is 8.85 Å². The molecule has 0 saturated heterocycles. The molecule has 0 fully saturated rings. The summed E-state index contributed by atoms with van der Waals surface area (Å²) < 4.78 is 15.0. The molecule has 4 nitrogen and oxygen atoms in total. The lowest BCUT2D eigenvalue weighted by Crippen LogP contribution is -2.53. The lowest BCUT2D eigenvalue weighted by atomic mass is 9.89. The predicted molar refractivity (Wildman–Crippen MR) is 157 cm³/mol. The second-order valence-corrected chi connectivity index (χ2v) is 22.3.